The smallest absolute Gasteiger partial charge is 0.0705 e. The van der Waals surface area contributed by atoms with E-state index in [2.05, 4.69) is 67.3 Å². The van der Waals surface area contributed by atoms with Crippen molar-refractivity contribution in [2.75, 3.05) is 0 Å². The minimum atomic E-state index is -0.398. The van der Waals surface area contributed by atoms with Crippen molar-refractivity contribution >= 4 is 0 Å². The fourth-order valence-corrected chi connectivity index (χ4v) is 2.28. The van der Waals surface area contributed by atoms with Crippen LogP contribution in [0.15, 0.2) is 60.7 Å². The molecule has 0 bridgehead atoms. The summed E-state index contributed by atoms with van der Waals surface area (Å²) >= 11 is 0. The normalized spacial score (nSPS) is 12.1. The molecule has 0 spiro atoms. The van der Waals surface area contributed by atoms with Crippen molar-refractivity contribution in [2.24, 2.45) is 11.5 Å². The van der Waals surface area contributed by atoms with Crippen LogP contribution in [-0.4, -0.2) is 16.6 Å². The molecule has 2 rings (SSSR count). The predicted molar refractivity (Wildman–Crippen MR) is 88.4 cm³/mol. The average Bonchev–Trinajstić information content (AvgIpc) is 2.48. The van der Waals surface area contributed by atoms with E-state index in [4.69, 9.17) is 11.5 Å². The maximum Gasteiger partial charge on any atom is 0.0705 e. The van der Waals surface area contributed by atoms with Crippen LogP contribution in [0.4, 0.5) is 0 Å². The summed E-state index contributed by atoms with van der Waals surface area (Å²) in [7, 11) is 0. The number of rotatable bonds is 6. The molecule has 2 aromatic rings. The van der Waals surface area contributed by atoms with E-state index in [1.54, 1.807) is 0 Å². The number of hydrogen-bond donors (Lipinski definition) is 2. The largest absolute Gasteiger partial charge is 0.315 e. The van der Waals surface area contributed by atoms with E-state index in [0.29, 0.717) is 0 Å². The van der Waals surface area contributed by atoms with Gasteiger partial charge in [-0.15, -0.1) is 0 Å². The average molecular weight is 283 g/mol. The van der Waals surface area contributed by atoms with Gasteiger partial charge in [0, 0.05) is 18.6 Å². The third-order valence-corrected chi connectivity index (χ3v) is 4.06. The van der Waals surface area contributed by atoms with E-state index in [-0.39, 0.29) is 5.54 Å². The van der Waals surface area contributed by atoms with Crippen LogP contribution in [0.25, 0.3) is 0 Å². The van der Waals surface area contributed by atoms with Crippen molar-refractivity contribution in [2.45, 2.75) is 38.6 Å². The number of nitrogens with two attached hydrogens (primary N) is 2. The number of benzene rings is 2. The second-order valence-electron chi connectivity index (χ2n) is 6.01. The Bertz CT molecular complexity index is 493. The van der Waals surface area contributed by atoms with E-state index < -0.39 is 6.17 Å². The molecule has 0 fully saturated rings. The second-order valence-corrected chi connectivity index (χ2v) is 6.01. The van der Waals surface area contributed by atoms with Crippen LogP contribution < -0.4 is 11.5 Å². The first-order valence-corrected chi connectivity index (χ1v) is 7.34. The van der Waals surface area contributed by atoms with Crippen molar-refractivity contribution in [3.8, 4) is 0 Å². The standard InChI is InChI=1S/C18H25N3/c1-18(2,17(19)20)21(13-15-9-5-3-6-10-15)14-16-11-7-4-8-12-16/h3-12,17H,13-14,19-20H2,1-2H3. The highest BCUT2D eigenvalue weighted by Crippen LogP contribution is 2.22. The fourth-order valence-electron chi connectivity index (χ4n) is 2.28. The molecular formula is C18H25N3. The molecule has 0 radical (unpaired) electrons. The second kappa shape index (κ2) is 6.85. The molecule has 0 aromatic heterocycles. The lowest BCUT2D eigenvalue weighted by Gasteiger charge is -2.41. The first kappa shape index (κ1) is 15.7. The Morgan fingerprint density at radius 1 is 0.810 bits per heavy atom. The molecular weight excluding hydrogens is 258 g/mol. The summed E-state index contributed by atoms with van der Waals surface area (Å²) < 4.78 is 0. The molecule has 0 aliphatic rings. The molecule has 0 aliphatic carbocycles. The summed E-state index contributed by atoms with van der Waals surface area (Å²) in [4.78, 5) is 2.34. The van der Waals surface area contributed by atoms with Crippen LogP contribution in [0.5, 0.6) is 0 Å². The van der Waals surface area contributed by atoms with Crippen molar-refractivity contribution in [1.82, 2.24) is 4.90 Å². The predicted octanol–water partition coefficient (Wildman–Crippen LogP) is 2.71. The Balaban J connectivity index is 2.22. The van der Waals surface area contributed by atoms with Gasteiger partial charge in [0.2, 0.25) is 0 Å². The number of hydrogen-bond acceptors (Lipinski definition) is 3. The highest BCUT2D eigenvalue weighted by Gasteiger charge is 2.31. The molecule has 0 atom stereocenters. The van der Waals surface area contributed by atoms with Gasteiger partial charge in [0.15, 0.2) is 0 Å². The minimum Gasteiger partial charge on any atom is -0.315 e. The lowest BCUT2D eigenvalue weighted by molar-refractivity contribution is 0.0790. The van der Waals surface area contributed by atoms with E-state index in [0.717, 1.165) is 13.1 Å². The van der Waals surface area contributed by atoms with Crippen LogP contribution in [0, 0.1) is 0 Å². The maximum atomic E-state index is 6.01. The van der Waals surface area contributed by atoms with Gasteiger partial charge in [-0.25, -0.2) is 0 Å². The van der Waals surface area contributed by atoms with Crippen LogP contribution >= 0.6 is 0 Å². The SMILES string of the molecule is CC(C)(C(N)N)N(Cc1ccccc1)Cc1ccccc1. The third-order valence-electron chi connectivity index (χ3n) is 4.06. The zero-order chi connectivity index (χ0) is 15.3. The van der Waals surface area contributed by atoms with Crippen molar-refractivity contribution in [1.29, 1.82) is 0 Å². The van der Waals surface area contributed by atoms with Gasteiger partial charge in [-0.3, -0.25) is 4.90 Å². The van der Waals surface area contributed by atoms with Crippen LogP contribution in [0.2, 0.25) is 0 Å². The fraction of sp³-hybridized carbons (Fsp3) is 0.333. The summed E-state index contributed by atoms with van der Waals surface area (Å²) in [6.45, 7) is 5.86. The molecule has 112 valence electrons. The molecule has 0 saturated heterocycles. The lowest BCUT2D eigenvalue weighted by Crippen LogP contribution is -2.59. The highest BCUT2D eigenvalue weighted by atomic mass is 15.2. The monoisotopic (exact) mass is 283 g/mol. The van der Waals surface area contributed by atoms with Gasteiger partial charge in [0.1, 0.15) is 0 Å². The summed E-state index contributed by atoms with van der Waals surface area (Å²) in [6.07, 6.45) is -0.398. The summed E-state index contributed by atoms with van der Waals surface area (Å²) in [5.41, 5.74) is 14.3. The minimum absolute atomic E-state index is 0.286. The van der Waals surface area contributed by atoms with Gasteiger partial charge in [0.05, 0.1) is 6.17 Å². The molecule has 0 unspecified atom stereocenters. The van der Waals surface area contributed by atoms with Crippen molar-refractivity contribution in [3.05, 3.63) is 71.8 Å². The van der Waals surface area contributed by atoms with Gasteiger partial charge < -0.3 is 11.5 Å². The Labute approximate surface area is 127 Å². The topological polar surface area (TPSA) is 55.3 Å². The summed E-state index contributed by atoms with van der Waals surface area (Å²) in [5, 5.41) is 0. The molecule has 0 amide bonds. The summed E-state index contributed by atoms with van der Waals surface area (Å²) in [5.74, 6) is 0. The molecule has 3 nitrogen and oxygen atoms in total. The molecule has 2 aromatic carbocycles. The third kappa shape index (κ3) is 4.14. The Kier molecular flexibility index (Phi) is 5.12. The highest BCUT2D eigenvalue weighted by molar-refractivity contribution is 5.18. The van der Waals surface area contributed by atoms with E-state index in [1.807, 2.05) is 12.1 Å². The number of nitrogens with zero attached hydrogens (tertiary/aromatic N) is 1. The molecule has 4 N–H and O–H groups in total. The Morgan fingerprint density at radius 2 is 1.19 bits per heavy atom. The maximum absolute atomic E-state index is 6.01. The van der Waals surface area contributed by atoms with Gasteiger partial charge in [0.25, 0.3) is 0 Å². The van der Waals surface area contributed by atoms with E-state index in [1.165, 1.54) is 11.1 Å². The Morgan fingerprint density at radius 3 is 1.52 bits per heavy atom. The van der Waals surface area contributed by atoms with Gasteiger partial charge in [-0.05, 0) is 25.0 Å². The Hall–Kier alpha value is -1.68. The molecule has 0 saturated carbocycles. The molecule has 0 aliphatic heterocycles. The van der Waals surface area contributed by atoms with Crippen molar-refractivity contribution in [3.63, 3.8) is 0 Å². The first-order valence-electron chi connectivity index (χ1n) is 7.34. The zero-order valence-electron chi connectivity index (χ0n) is 12.9. The molecule has 3 heteroatoms. The van der Waals surface area contributed by atoms with Crippen LogP contribution in [0.1, 0.15) is 25.0 Å². The molecule has 21 heavy (non-hydrogen) atoms. The quantitative estimate of drug-likeness (QED) is 0.801. The van der Waals surface area contributed by atoms with Gasteiger partial charge >= 0.3 is 0 Å². The van der Waals surface area contributed by atoms with Crippen molar-refractivity contribution < 1.29 is 0 Å². The molecule has 0 heterocycles. The van der Waals surface area contributed by atoms with E-state index >= 15 is 0 Å². The van der Waals surface area contributed by atoms with Gasteiger partial charge in [-0.1, -0.05) is 60.7 Å². The van der Waals surface area contributed by atoms with Gasteiger partial charge in [-0.2, -0.15) is 0 Å². The van der Waals surface area contributed by atoms with Crippen LogP contribution in [-0.2, 0) is 13.1 Å². The first-order chi connectivity index (χ1) is 10.00. The zero-order valence-corrected chi connectivity index (χ0v) is 12.9. The van der Waals surface area contributed by atoms with E-state index in [9.17, 15) is 0 Å². The summed E-state index contributed by atoms with van der Waals surface area (Å²) in [6, 6.07) is 20.8. The van der Waals surface area contributed by atoms with Crippen LogP contribution in [0.3, 0.4) is 0 Å². The lowest BCUT2D eigenvalue weighted by atomic mass is 9.97.